The molecule has 0 amide bonds. The fourth-order valence-corrected chi connectivity index (χ4v) is 2.01. The fourth-order valence-electron chi connectivity index (χ4n) is 1.77. The van der Waals surface area contributed by atoms with E-state index in [1.807, 2.05) is 24.6 Å². The van der Waals surface area contributed by atoms with Crippen LogP contribution in [-0.4, -0.2) is 9.78 Å². The number of halogens is 1. The molecule has 0 atom stereocenters. The van der Waals surface area contributed by atoms with Gasteiger partial charge in [0, 0.05) is 5.02 Å². The Balaban J connectivity index is 2.35. The summed E-state index contributed by atoms with van der Waals surface area (Å²) in [6.45, 7) is 4.35. The Kier molecular flexibility index (Phi) is 3.26. The molecule has 5 heteroatoms. The van der Waals surface area contributed by atoms with Gasteiger partial charge in [0.2, 0.25) is 0 Å². The van der Waals surface area contributed by atoms with E-state index < -0.39 is 0 Å². The zero-order valence-electron chi connectivity index (χ0n) is 10.2. The largest absolute Gasteiger partial charge is 0.396 e. The maximum absolute atomic E-state index is 8.78. The monoisotopic (exact) mass is 260 g/mol. The average Bonchev–Trinajstić information content (AvgIpc) is 2.59. The molecule has 18 heavy (non-hydrogen) atoms. The number of anilines is 1. The van der Waals surface area contributed by atoms with Crippen LogP contribution < -0.4 is 5.73 Å². The van der Waals surface area contributed by atoms with Crippen LogP contribution in [0.25, 0.3) is 0 Å². The zero-order chi connectivity index (χ0) is 13.3. The van der Waals surface area contributed by atoms with Crippen LogP contribution in [0.1, 0.15) is 22.5 Å². The first-order chi connectivity index (χ1) is 8.52. The van der Waals surface area contributed by atoms with E-state index in [-0.39, 0.29) is 0 Å². The van der Waals surface area contributed by atoms with E-state index in [0.29, 0.717) is 22.8 Å². The molecule has 0 unspecified atom stereocenters. The molecule has 0 saturated heterocycles. The standard InChI is InChI=1S/C13H13ClN4/c1-8-13(16)9(2)18(17-8)7-11-4-3-10(6-15)5-12(11)14/h3-5H,7,16H2,1-2H3. The molecule has 92 valence electrons. The lowest BCUT2D eigenvalue weighted by atomic mass is 10.1. The van der Waals surface area contributed by atoms with Crippen LogP contribution in [0, 0.1) is 25.2 Å². The van der Waals surface area contributed by atoms with E-state index >= 15 is 0 Å². The first-order valence-electron chi connectivity index (χ1n) is 5.51. The fraction of sp³-hybridized carbons (Fsp3) is 0.231. The Morgan fingerprint density at radius 1 is 1.44 bits per heavy atom. The van der Waals surface area contributed by atoms with E-state index in [1.165, 1.54) is 0 Å². The highest BCUT2D eigenvalue weighted by Gasteiger charge is 2.10. The Bertz CT molecular complexity index is 637. The van der Waals surface area contributed by atoms with Crippen LogP contribution in [0.4, 0.5) is 5.69 Å². The van der Waals surface area contributed by atoms with Gasteiger partial charge in [-0.25, -0.2) is 0 Å². The Hall–Kier alpha value is -1.99. The molecule has 0 spiro atoms. The van der Waals surface area contributed by atoms with Gasteiger partial charge in [-0.2, -0.15) is 10.4 Å². The first kappa shape index (κ1) is 12.5. The second-order valence-electron chi connectivity index (χ2n) is 4.16. The molecule has 2 N–H and O–H groups in total. The van der Waals surface area contributed by atoms with E-state index in [2.05, 4.69) is 11.2 Å². The number of hydrogen-bond donors (Lipinski definition) is 1. The highest BCUT2D eigenvalue weighted by Crippen LogP contribution is 2.21. The van der Waals surface area contributed by atoms with E-state index in [9.17, 15) is 0 Å². The molecular formula is C13H13ClN4. The van der Waals surface area contributed by atoms with Gasteiger partial charge in [0.15, 0.2) is 0 Å². The maximum Gasteiger partial charge on any atom is 0.0992 e. The van der Waals surface area contributed by atoms with Gasteiger partial charge in [-0.15, -0.1) is 0 Å². The topological polar surface area (TPSA) is 67.6 Å². The normalized spacial score (nSPS) is 10.3. The van der Waals surface area contributed by atoms with Crippen LogP contribution >= 0.6 is 11.6 Å². The molecule has 0 radical (unpaired) electrons. The minimum absolute atomic E-state index is 0.550. The summed E-state index contributed by atoms with van der Waals surface area (Å²) < 4.78 is 1.82. The number of benzene rings is 1. The lowest BCUT2D eigenvalue weighted by Gasteiger charge is -2.07. The summed E-state index contributed by atoms with van der Waals surface area (Å²) in [6.07, 6.45) is 0. The SMILES string of the molecule is Cc1nn(Cc2ccc(C#N)cc2Cl)c(C)c1N. The quantitative estimate of drug-likeness (QED) is 0.903. The Morgan fingerprint density at radius 3 is 2.67 bits per heavy atom. The number of aryl methyl sites for hydroxylation is 1. The summed E-state index contributed by atoms with van der Waals surface area (Å²) in [5.74, 6) is 0. The molecule has 4 nitrogen and oxygen atoms in total. The van der Waals surface area contributed by atoms with E-state index in [0.717, 1.165) is 17.0 Å². The van der Waals surface area contributed by atoms with E-state index in [4.69, 9.17) is 22.6 Å². The molecule has 0 aliphatic heterocycles. The number of rotatable bonds is 2. The van der Waals surface area contributed by atoms with Crippen LogP contribution in [0.15, 0.2) is 18.2 Å². The van der Waals surface area contributed by atoms with Gasteiger partial charge in [0.05, 0.1) is 35.3 Å². The smallest absolute Gasteiger partial charge is 0.0992 e. The minimum atomic E-state index is 0.550. The van der Waals surface area contributed by atoms with Crippen molar-refractivity contribution >= 4 is 17.3 Å². The summed E-state index contributed by atoms with van der Waals surface area (Å²) in [5, 5.41) is 13.7. The van der Waals surface area contributed by atoms with Crippen LogP contribution in [0.3, 0.4) is 0 Å². The highest BCUT2D eigenvalue weighted by molar-refractivity contribution is 6.31. The van der Waals surface area contributed by atoms with Gasteiger partial charge in [-0.05, 0) is 31.5 Å². The molecular weight excluding hydrogens is 248 g/mol. The van der Waals surface area contributed by atoms with Crippen molar-refractivity contribution in [3.8, 4) is 6.07 Å². The molecule has 0 aliphatic carbocycles. The molecule has 2 rings (SSSR count). The van der Waals surface area contributed by atoms with Gasteiger partial charge in [-0.1, -0.05) is 17.7 Å². The van der Waals surface area contributed by atoms with Gasteiger partial charge in [0.1, 0.15) is 0 Å². The van der Waals surface area contributed by atoms with Crippen molar-refractivity contribution in [1.29, 1.82) is 5.26 Å². The highest BCUT2D eigenvalue weighted by atomic mass is 35.5. The maximum atomic E-state index is 8.78. The predicted molar refractivity (Wildman–Crippen MR) is 71.4 cm³/mol. The van der Waals surface area contributed by atoms with Crippen molar-refractivity contribution in [3.63, 3.8) is 0 Å². The van der Waals surface area contributed by atoms with E-state index in [1.54, 1.807) is 12.1 Å². The van der Waals surface area contributed by atoms with Crippen LogP contribution in [0.5, 0.6) is 0 Å². The van der Waals surface area contributed by atoms with Crippen molar-refractivity contribution in [3.05, 3.63) is 45.7 Å². The first-order valence-corrected chi connectivity index (χ1v) is 5.88. The lowest BCUT2D eigenvalue weighted by Crippen LogP contribution is -2.05. The number of nitrogens with zero attached hydrogens (tertiary/aromatic N) is 3. The summed E-state index contributed by atoms with van der Waals surface area (Å²) in [6, 6.07) is 7.30. The predicted octanol–water partition coefficient (Wildman–Crippen LogP) is 2.66. The van der Waals surface area contributed by atoms with Crippen molar-refractivity contribution in [1.82, 2.24) is 9.78 Å². The van der Waals surface area contributed by atoms with Crippen molar-refractivity contribution in [2.75, 3.05) is 5.73 Å². The second kappa shape index (κ2) is 4.71. The molecule has 0 aliphatic rings. The van der Waals surface area contributed by atoms with Gasteiger partial charge in [-0.3, -0.25) is 4.68 Å². The third kappa shape index (κ3) is 2.18. The molecule has 1 heterocycles. The van der Waals surface area contributed by atoms with Gasteiger partial charge < -0.3 is 5.73 Å². The molecule has 2 aromatic rings. The third-order valence-electron chi connectivity index (χ3n) is 2.94. The molecule has 1 aromatic heterocycles. The molecule has 0 fully saturated rings. The summed E-state index contributed by atoms with van der Waals surface area (Å²) in [5.41, 5.74) is 9.80. The van der Waals surface area contributed by atoms with Crippen molar-refractivity contribution in [2.24, 2.45) is 0 Å². The number of nitrogens with two attached hydrogens (primary N) is 1. The summed E-state index contributed by atoms with van der Waals surface area (Å²) >= 11 is 6.13. The Labute approximate surface area is 111 Å². The van der Waals surface area contributed by atoms with Crippen molar-refractivity contribution < 1.29 is 0 Å². The molecule has 0 saturated carbocycles. The van der Waals surface area contributed by atoms with Gasteiger partial charge in [0.25, 0.3) is 0 Å². The Morgan fingerprint density at radius 2 is 2.17 bits per heavy atom. The summed E-state index contributed by atoms with van der Waals surface area (Å²) in [4.78, 5) is 0. The van der Waals surface area contributed by atoms with Gasteiger partial charge >= 0.3 is 0 Å². The second-order valence-corrected chi connectivity index (χ2v) is 4.57. The zero-order valence-corrected chi connectivity index (χ0v) is 11.0. The minimum Gasteiger partial charge on any atom is -0.396 e. The number of nitrogen functional groups attached to an aromatic ring is 1. The number of aromatic nitrogens is 2. The number of hydrogen-bond acceptors (Lipinski definition) is 3. The number of nitriles is 1. The molecule has 0 bridgehead atoms. The molecule has 1 aromatic carbocycles. The van der Waals surface area contributed by atoms with Crippen molar-refractivity contribution in [2.45, 2.75) is 20.4 Å². The third-order valence-corrected chi connectivity index (χ3v) is 3.29. The average molecular weight is 261 g/mol. The summed E-state index contributed by atoms with van der Waals surface area (Å²) in [7, 11) is 0. The van der Waals surface area contributed by atoms with Crippen LogP contribution in [0.2, 0.25) is 5.02 Å². The van der Waals surface area contributed by atoms with Crippen LogP contribution in [-0.2, 0) is 6.54 Å². The lowest BCUT2D eigenvalue weighted by molar-refractivity contribution is 0.659.